The number of ether oxygens (including phenoxy) is 1. The summed E-state index contributed by atoms with van der Waals surface area (Å²) in [6.07, 6.45) is 4.79. The van der Waals surface area contributed by atoms with Crippen molar-refractivity contribution in [2.24, 2.45) is 0 Å². The molecule has 0 saturated heterocycles. The lowest BCUT2D eigenvalue weighted by Gasteiger charge is -2.09. The molecule has 1 heterocycles. The average Bonchev–Trinajstić information content (AvgIpc) is 2.91. The van der Waals surface area contributed by atoms with Gasteiger partial charge in [-0.25, -0.2) is 9.97 Å². The van der Waals surface area contributed by atoms with E-state index >= 15 is 0 Å². The van der Waals surface area contributed by atoms with Crippen LogP contribution in [0.1, 0.15) is 23.2 Å². The predicted molar refractivity (Wildman–Crippen MR) is 73.3 cm³/mol. The van der Waals surface area contributed by atoms with Crippen molar-refractivity contribution in [3.8, 4) is 11.6 Å². The summed E-state index contributed by atoms with van der Waals surface area (Å²) >= 11 is 0. The van der Waals surface area contributed by atoms with Gasteiger partial charge >= 0.3 is 0 Å². The zero-order valence-electron chi connectivity index (χ0n) is 11.0. The number of rotatable bonds is 4. The highest BCUT2D eigenvalue weighted by Gasteiger charge is 2.18. The molecular weight excluding hydrogens is 238 g/mol. The number of fused-ring (bicyclic) bond motifs is 1. The maximum atomic E-state index is 5.88. The van der Waals surface area contributed by atoms with Gasteiger partial charge in [-0.05, 0) is 44.0 Å². The molecule has 4 nitrogen and oxygen atoms in total. The Morgan fingerprint density at radius 1 is 1.16 bits per heavy atom. The largest absolute Gasteiger partial charge is 0.439 e. The smallest absolute Gasteiger partial charge is 0.225 e. The van der Waals surface area contributed by atoms with Gasteiger partial charge in [0.15, 0.2) is 0 Å². The fraction of sp³-hybridized carbons (Fsp3) is 0.333. The summed E-state index contributed by atoms with van der Waals surface area (Å²) in [7, 11) is 1.94. The molecule has 0 fully saturated rings. The Bertz CT molecular complexity index is 566. The number of hydrogen-bond donors (Lipinski definition) is 1. The van der Waals surface area contributed by atoms with E-state index in [2.05, 4.69) is 27.4 Å². The molecule has 0 saturated carbocycles. The second-order valence-corrected chi connectivity index (χ2v) is 4.73. The Labute approximate surface area is 112 Å². The second kappa shape index (κ2) is 5.36. The van der Waals surface area contributed by atoms with Crippen LogP contribution in [0.5, 0.6) is 11.6 Å². The fourth-order valence-electron chi connectivity index (χ4n) is 2.41. The Balaban J connectivity index is 1.80. The van der Waals surface area contributed by atoms with E-state index in [9.17, 15) is 0 Å². The summed E-state index contributed by atoms with van der Waals surface area (Å²) in [5, 5.41) is 3.13. The van der Waals surface area contributed by atoms with Gasteiger partial charge in [-0.1, -0.05) is 12.1 Å². The van der Waals surface area contributed by atoms with Gasteiger partial charge in [-0.2, -0.15) is 0 Å². The summed E-state index contributed by atoms with van der Waals surface area (Å²) in [5.41, 5.74) is 3.54. The highest BCUT2D eigenvalue weighted by molar-refractivity contribution is 5.37. The van der Waals surface area contributed by atoms with Crippen molar-refractivity contribution < 1.29 is 4.74 Å². The van der Waals surface area contributed by atoms with Gasteiger partial charge in [-0.3, -0.25) is 0 Å². The highest BCUT2D eigenvalue weighted by atomic mass is 16.5. The number of hydrogen-bond acceptors (Lipinski definition) is 4. The lowest BCUT2D eigenvalue weighted by molar-refractivity contribution is 0.455. The van der Waals surface area contributed by atoms with Crippen LogP contribution in [0.4, 0.5) is 0 Å². The Morgan fingerprint density at radius 2 is 2.00 bits per heavy atom. The van der Waals surface area contributed by atoms with E-state index in [0.717, 1.165) is 37.3 Å². The van der Waals surface area contributed by atoms with Crippen molar-refractivity contribution in [2.75, 3.05) is 7.05 Å². The molecule has 19 heavy (non-hydrogen) atoms. The number of aromatic nitrogens is 2. The van der Waals surface area contributed by atoms with Crippen LogP contribution >= 0.6 is 0 Å². The normalized spacial score (nSPS) is 13.3. The molecule has 0 radical (unpaired) electrons. The minimum atomic E-state index is 0.712. The van der Waals surface area contributed by atoms with Crippen LogP contribution in [0, 0.1) is 0 Å². The SMILES string of the molecule is CNCc1ccc(Oc2ncnc3c2CCC3)cc1. The minimum absolute atomic E-state index is 0.712. The molecule has 0 amide bonds. The van der Waals surface area contributed by atoms with Gasteiger partial charge in [0.05, 0.1) is 5.69 Å². The van der Waals surface area contributed by atoms with Crippen molar-refractivity contribution in [3.05, 3.63) is 47.4 Å². The van der Waals surface area contributed by atoms with Gasteiger partial charge in [0, 0.05) is 12.1 Å². The van der Waals surface area contributed by atoms with E-state index in [4.69, 9.17) is 4.74 Å². The molecule has 4 heteroatoms. The van der Waals surface area contributed by atoms with Gasteiger partial charge < -0.3 is 10.1 Å². The van der Waals surface area contributed by atoms with Crippen molar-refractivity contribution in [2.45, 2.75) is 25.8 Å². The maximum absolute atomic E-state index is 5.88. The maximum Gasteiger partial charge on any atom is 0.225 e. The molecule has 98 valence electrons. The fourth-order valence-corrected chi connectivity index (χ4v) is 2.41. The van der Waals surface area contributed by atoms with Crippen LogP contribution < -0.4 is 10.1 Å². The molecular formula is C15H17N3O. The lowest BCUT2D eigenvalue weighted by Crippen LogP contribution is -2.04. The third-order valence-corrected chi connectivity index (χ3v) is 3.35. The van der Waals surface area contributed by atoms with E-state index < -0.39 is 0 Å². The zero-order valence-corrected chi connectivity index (χ0v) is 11.0. The van der Waals surface area contributed by atoms with Gasteiger partial charge in [0.25, 0.3) is 0 Å². The van der Waals surface area contributed by atoms with Gasteiger partial charge in [0.2, 0.25) is 5.88 Å². The van der Waals surface area contributed by atoms with Crippen LogP contribution in [0.25, 0.3) is 0 Å². The monoisotopic (exact) mass is 255 g/mol. The molecule has 0 spiro atoms. The summed E-state index contributed by atoms with van der Waals surface area (Å²) in [6.45, 7) is 0.864. The summed E-state index contributed by atoms with van der Waals surface area (Å²) in [5.74, 6) is 1.54. The number of benzene rings is 1. The zero-order chi connectivity index (χ0) is 13.1. The minimum Gasteiger partial charge on any atom is -0.439 e. The second-order valence-electron chi connectivity index (χ2n) is 4.73. The Kier molecular flexibility index (Phi) is 3.42. The molecule has 1 aliphatic rings. The van der Waals surface area contributed by atoms with E-state index in [1.54, 1.807) is 6.33 Å². The quantitative estimate of drug-likeness (QED) is 0.911. The number of nitrogens with one attached hydrogen (secondary N) is 1. The predicted octanol–water partition coefficient (Wildman–Crippen LogP) is 2.48. The Morgan fingerprint density at radius 3 is 2.79 bits per heavy atom. The molecule has 2 aromatic rings. The van der Waals surface area contributed by atoms with Crippen molar-refractivity contribution in [1.29, 1.82) is 0 Å². The first-order valence-corrected chi connectivity index (χ1v) is 6.61. The molecule has 0 aliphatic heterocycles. The molecule has 3 rings (SSSR count). The van der Waals surface area contributed by atoms with E-state index in [-0.39, 0.29) is 0 Å². The van der Waals surface area contributed by atoms with Crippen LogP contribution in [-0.2, 0) is 19.4 Å². The summed E-state index contributed by atoms with van der Waals surface area (Å²) in [6, 6.07) is 8.09. The number of aryl methyl sites for hydroxylation is 1. The van der Waals surface area contributed by atoms with Crippen LogP contribution in [-0.4, -0.2) is 17.0 Å². The van der Waals surface area contributed by atoms with E-state index in [1.807, 2.05) is 19.2 Å². The highest BCUT2D eigenvalue weighted by Crippen LogP contribution is 2.30. The Hall–Kier alpha value is -1.94. The average molecular weight is 255 g/mol. The lowest BCUT2D eigenvalue weighted by atomic mass is 10.2. The molecule has 0 unspecified atom stereocenters. The topological polar surface area (TPSA) is 47.0 Å². The van der Waals surface area contributed by atoms with Gasteiger partial charge in [-0.15, -0.1) is 0 Å². The van der Waals surface area contributed by atoms with Crippen molar-refractivity contribution >= 4 is 0 Å². The third-order valence-electron chi connectivity index (χ3n) is 3.35. The molecule has 1 aromatic carbocycles. The van der Waals surface area contributed by atoms with Crippen LogP contribution in [0.2, 0.25) is 0 Å². The van der Waals surface area contributed by atoms with Gasteiger partial charge in [0.1, 0.15) is 12.1 Å². The molecule has 0 bridgehead atoms. The molecule has 1 aliphatic carbocycles. The van der Waals surface area contributed by atoms with Crippen molar-refractivity contribution in [1.82, 2.24) is 15.3 Å². The van der Waals surface area contributed by atoms with Crippen molar-refractivity contribution in [3.63, 3.8) is 0 Å². The number of nitrogens with zero attached hydrogens (tertiary/aromatic N) is 2. The standard InChI is InChI=1S/C15H17N3O/c1-16-9-11-5-7-12(8-6-11)19-15-13-3-2-4-14(13)17-10-18-15/h5-8,10,16H,2-4,9H2,1H3. The van der Waals surface area contributed by atoms with Crippen LogP contribution in [0.15, 0.2) is 30.6 Å². The first-order chi connectivity index (χ1) is 9.36. The molecule has 1 aromatic heterocycles. The summed E-state index contributed by atoms with van der Waals surface area (Å²) < 4.78 is 5.88. The van der Waals surface area contributed by atoms with E-state index in [0.29, 0.717) is 5.88 Å². The first kappa shape index (κ1) is 12.1. The molecule has 0 atom stereocenters. The van der Waals surface area contributed by atoms with E-state index in [1.165, 1.54) is 11.1 Å². The van der Waals surface area contributed by atoms with Crippen LogP contribution in [0.3, 0.4) is 0 Å². The third kappa shape index (κ3) is 2.58. The molecule has 1 N–H and O–H groups in total. The summed E-state index contributed by atoms with van der Waals surface area (Å²) in [4.78, 5) is 8.56. The first-order valence-electron chi connectivity index (χ1n) is 6.61.